The average molecular weight is 301 g/mol. The highest BCUT2D eigenvalue weighted by Crippen LogP contribution is 2.21. The summed E-state index contributed by atoms with van der Waals surface area (Å²) in [6, 6.07) is 5.59. The first-order valence-electron chi connectivity index (χ1n) is 6.23. The predicted molar refractivity (Wildman–Crippen MR) is 78.0 cm³/mol. The number of hydrogen-bond acceptors (Lipinski definition) is 6. The lowest BCUT2D eigenvalue weighted by Crippen LogP contribution is -2.02. The van der Waals surface area contributed by atoms with Crippen molar-refractivity contribution < 1.29 is 4.42 Å². The van der Waals surface area contributed by atoms with Gasteiger partial charge in [0.25, 0.3) is 0 Å². The average Bonchev–Trinajstić information content (AvgIpc) is 3.10. The number of aromatic nitrogens is 5. The van der Waals surface area contributed by atoms with E-state index in [2.05, 4.69) is 30.2 Å². The Hall–Kier alpha value is -2.67. The Balaban J connectivity index is 1.64. The van der Waals surface area contributed by atoms with Gasteiger partial charge < -0.3 is 14.7 Å². The Bertz CT molecular complexity index is 898. The summed E-state index contributed by atoms with van der Waals surface area (Å²) in [5, 5.41) is 3.31. The van der Waals surface area contributed by atoms with Gasteiger partial charge in [-0.15, -0.1) is 0 Å². The van der Waals surface area contributed by atoms with Gasteiger partial charge in [-0.1, -0.05) is 0 Å². The molecule has 0 aliphatic rings. The summed E-state index contributed by atoms with van der Waals surface area (Å²) < 4.78 is 5.69. The number of rotatable bonds is 3. The van der Waals surface area contributed by atoms with Crippen molar-refractivity contribution in [2.45, 2.75) is 6.54 Å². The van der Waals surface area contributed by atoms with Gasteiger partial charge in [0.15, 0.2) is 17.0 Å². The number of halogens is 1. The molecule has 0 aliphatic carbocycles. The van der Waals surface area contributed by atoms with Crippen molar-refractivity contribution in [1.29, 1.82) is 0 Å². The van der Waals surface area contributed by atoms with Gasteiger partial charge >= 0.3 is 0 Å². The van der Waals surface area contributed by atoms with E-state index in [4.69, 9.17) is 16.0 Å². The van der Waals surface area contributed by atoms with Gasteiger partial charge in [-0.3, -0.25) is 4.98 Å². The van der Waals surface area contributed by atoms with Gasteiger partial charge in [0.2, 0.25) is 5.28 Å². The molecule has 21 heavy (non-hydrogen) atoms. The first-order valence-corrected chi connectivity index (χ1v) is 6.61. The second-order valence-electron chi connectivity index (χ2n) is 4.40. The normalized spacial score (nSPS) is 11.3. The minimum Gasteiger partial charge on any atom is -0.457 e. The molecule has 0 unspecified atom stereocenters. The topological polar surface area (TPSA) is 92.5 Å². The summed E-state index contributed by atoms with van der Waals surface area (Å²) >= 11 is 5.88. The molecule has 4 heterocycles. The zero-order chi connectivity index (χ0) is 14.2. The van der Waals surface area contributed by atoms with Crippen LogP contribution >= 0.6 is 11.6 Å². The predicted octanol–water partition coefficient (Wildman–Crippen LogP) is 2.76. The quantitative estimate of drug-likeness (QED) is 0.565. The minimum atomic E-state index is 0.142. The van der Waals surface area contributed by atoms with Gasteiger partial charge in [0.1, 0.15) is 16.8 Å². The number of anilines is 1. The van der Waals surface area contributed by atoms with Gasteiger partial charge in [-0.05, 0) is 23.7 Å². The molecule has 2 N–H and O–H groups in total. The molecule has 0 radical (unpaired) electrons. The Morgan fingerprint density at radius 2 is 2.24 bits per heavy atom. The molecule has 0 spiro atoms. The lowest BCUT2D eigenvalue weighted by molar-refractivity contribution is 0.559. The molecule has 0 saturated carbocycles. The van der Waals surface area contributed by atoms with Crippen LogP contribution in [0.25, 0.3) is 22.3 Å². The maximum Gasteiger partial charge on any atom is 0.226 e. The summed E-state index contributed by atoms with van der Waals surface area (Å²) in [7, 11) is 0. The van der Waals surface area contributed by atoms with Crippen LogP contribution < -0.4 is 5.32 Å². The summed E-state index contributed by atoms with van der Waals surface area (Å²) in [5.41, 5.74) is 2.79. The molecule has 0 aromatic carbocycles. The van der Waals surface area contributed by atoms with Crippen LogP contribution in [0, 0.1) is 0 Å². The van der Waals surface area contributed by atoms with Crippen LogP contribution in [0.1, 0.15) is 5.76 Å². The fourth-order valence-corrected chi connectivity index (χ4v) is 2.28. The largest absolute Gasteiger partial charge is 0.457 e. The van der Waals surface area contributed by atoms with E-state index < -0.39 is 0 Å². The highest BCUT2D eigenvalue weighted by atomic mass is 35.5. The van der Waals surface area contributed by atoms with Crippen LogP contribution in [0.15, 0.2) is 35.1 Å². The first-order chi connectivity index (χ1) is 10.3. The molecule has 0 fully saturated rings. The molecule has 0 aliphatic heterocycles. The molecule has 0 atom stereocenters. The Morgan fingerprint density at radius 1 is 1.29 bits per heavy atom. The van der Waals surface area contributed by atoms with E-state index >= 15 is 0 Å². The Labute approximate surface area is 123 Å². The number of imidazole rings is 1. The second kappa shape index (κ2) is 4.71. The smallest absolute Gasteiger partial charge is 0.226 e. The van der Waals surface area contributed by atoms with Crippen LogP contribution in [-0.4, -0.2) is 24.9 Å². The number of aromatic amines is 1. The molecule has 104 valence electrons. The molecule has 0 bridgehead atoms. The first kappa shape index (κ1) is 12.1. The highest BCUT2D eigenvalue weighted by molar-refractivity contribution is 6.28. The van der Waals surface area contributed by atoms with Crippen LogP contribution in [0.4, 0.5) is 5.82 Å². The van der Waals surface area contributed by atoms with Crippen molar-refractivity contribution in [3.63, 3.8) is 0 Å². The molecule has 4 rings (SSSR count). The Kier molecular flexibility index (Phi) is 2.71. The molecule has 0 saturated heterocycles. The number of nitrogens with one attached hydrogen (secondary N) is 2. The lowest BCUT2D eigenvalue weighted by Gasteiger charge is -2.04. The fraction of sp³-hybridized carbons (Fsp3) is 0.0769. The van der Waals surface area contributed by atoms with Crippen LogP contribution in [0.3, 0.4) is 0 Å². The van der Waals surface area contributed by atoms with E-state index in [0.29, 0.717) is 23.5 Å². The van der Waals surface area contributed by atoms with Crippen LogP contribution in [0.5, 0.6) is 0 Å². The molecule has 0 amide bonds. The van der Waals surface area contributed by atoms with Crippen LogP contribution in [0.2, 0.25) is 5.28 Å². The zero-order valence-corrected chi connectivity index (χ0v) is 11.4. The number of H-pyrrole nitrogens is 1. The van der Waals surface area contributed by atoms with Gasteiger partial charge in [-0.25, -0.2) is 4.98 Å². The van der Waals surface area contributed by atoms with Crippen molar-refractivity contribution in [3.05, 3.63) is 41.8 Å². The zero-order valence-electron chi connectivity index (χ0n) is 10.7. The monoisotopic (exact) mass is 300 g/mol. The third kappa shape index (κ3) is 2.17. The molecular weight excluding hydrogens is 292 g/mol. The Morgan fingerprint density at radius 3 is 3.14 bits per heavy atom. The molecule has 7 nitrogen and oxygen atoms in total. The van der Waals surface area contributed by atoms with E-state index in [0.717, 1.165) is 16.9 Å². The number of fused-ring (bicyclic) bond motifs is 2. The molecule has 4 aromatic heterocycles. The third-order valence-electron chi connectivity index (χ3n) is 3.03. The SMILES string of the molecule is Clc1nc(NCc2cc3ncccc3o2)c2[nH]cnc2n1. The maximum atomic E-state index is 5.88. The number of pyridine rings is 1. The summed E-state index contributed by atoms with van der Waals surface area (Å²) in [6.45, 7) is 0.456. The third-order valence-corrected chi connectivity index (χ3v) is 3.20. The van der Waals surface area contributed by atoms with E-state index in [-0.39, 0.29) is 5.28 Å². The van der Waals surface area contributed by atoms with Gasteiger partial charge in [0, 0.05) is 12.3 Å². The van der Waals surface area contributed by atoms with Gasteiger partial charge in [0.05, 0.1) is 12.9 Å². The van der Waals surface area contributed by atoms with Crippen molar-refractivity contribution >= 4 is 39.7 Å². The van der Waals surface area contributed by atoms with E-state index in [1.54, 1.807) is 12.5 Å². The fourth-order valence-electron chi connectivity index (χ4n) is 2.11. The molecule has 8 heteroatoms. The van der Waals surface area contributed by atoms with Crippen molar-refractivity contribution in [1.82, 2.24) is 24.9 Å². The summed E-state index contributed by atoms with van der Waals surface area (Å²) in [6.07, 6.45) is 3.28. The van der Waals surface area contributed by atoms with Crippen molar-refractivity contribution in [2.24, 2.45) is 0 Å². The lowest BCUT2D eigenvalue weighted by atomic mass is 10.3. The minimum absolute atomic E-state index is 0.142. The van der Waals surface area contributed by atoms with Crippen molar-refractivity contribution in [3.8, 4) is 0 Å². The standard InChI is InChI=1S/C13H9ClN6O/c14-13-19-11(10-12(20-13)18-6-17-10)16-5-7-4-8-9(21-7)2-1-3-15-8/h1-4,6H,5H2,(H2,16,17,18,19,20). The van der Waals surface area contributed by atoms with Gasteiger partial charge in [-0.2, -0.15) is 9.97 Å². The second-order valence-corrected chi connectivity index (χ2v) is 4.73. The highest BCUT2D eigenvalue weighted by Gasteiger charge is 2.10. The number of hydrogen-bond donors (Lipinski definition) is 2. The van der Waals surface area contributed by atoms with E-state index in [9.17, 15) is 0 Å². The number of furan rings is 1. The van der Waals surface area contributed by atoms with Crippen LogP contribution in [-0.2, 0) is 6.54 Å². The van der Waals surface area contributed by atoms with E-state index in [1.807, 2.05) is 18.2 Å². The molecule has 4 aromatic rings. The van der Waals surface area contributed by atoms with Crippen molar-refractivity contribution in [2.75, 3.05) is 5.32 Å². The summed E-state index contributed by atoms with van der Waals surface area (Å²) in [4.78, 5) is 19.5. The molecular formula is C13H9ClN6O. The van der Waals surface area contributed by atoms with E-state index in [1.165, 1.54) is 0 Å². The maximum absolute atomic E-state index is 5.88. The number of nitrogens with zero attached hydrogens (tertiary/aromatic N) is 4. The summed E-state index contributed by atoms with van der Waals surface area (Å²) in [5.74, 6) is 1.34.